The van der Waals surface area contributed by atoms with E-state index in [1.807, 2.05) is 29.6 Å². The molecule has 1 aliphatic rings. The second kappa shape index (κ2) is 11.5. The van der Waals surface area contributed by atoms with E-state index in [0.717, 1.165) is 4.88 Å². The van der Waals surface area contributed by atoms with Crippen molar-refractivity contribution in [1.82, 2.24) is 9.29 Å². The summed E-state index contributed by atoms with van der Waals surface area (Å²) in [5.41, 5.74) is 1.81. The third-order valence-corrected chi connectivity index (χ3v) is 8.89. The van der Waals surface area contributed by atoms with Gasteiger partial charge in [0.2, 0.25) is 10.0 Å². The van der Waals surface area contributed by atoms with Crippen molar-refractivity contribution in [3.05, 3.63) is 71.6 Å². The number of methoxy groups -OCH3 is 1. The zero-order valence-corrected chi connectivity index (χ0v) is 22.6. The number of fused-ring (bicyclic) bond motifs is 1. The van der Waals surface area contributed by atoms with Gasteiger partial charge in [0.15, 0.2) is 6.61 Å². The zero-order valence-electron chi connectivity index (χ0n) is 21.0. The number of carbonyl (C=O) groups is 2. The summed E-state index contributed by atoms with van der Waals surface area (Å²) in [6, 6.07) is 16.9. The number of pyridine rings is 1. The Hall–Kier alpha value is -3.84. The Labute approximate surface area is 229 Å². The molecule has 0 atom stereocenters. The van der Waals surface area contributed by atoms with E-state index in [9.17, 15) is 18.0 Å². The van der Waals surface area contributed by atoms with Crippen molar-refractivity contribution < 1.29 is 32.2 Å². The predicted octanol–water partition coefficient (Wildman–Crippen LogP) is 3.79. The number of thiophene rings is 1. The number of aromatic nitrogens is 1. The number of rotatable bonds is 8. The number of hydrogen-bond donors (Lipinski definition) is 1. The fourth-order valence-corrected chi connectivity index (χ4v) is 6.27. The molecule has 0 spiro atoms. The highest BCUT2D eigenvalue weighted by molar-refractivity contribution is 7.89. The molecule has 10 nitrogen and oxygen atoms in total. The van der Waals surface area contributed by atoms with Crippen LogP contribution >= 0.6 is 11.3 Å². The molecular formula is C27H25N3O7S2. The maximum Gasteiger partial charge on any atom is 0.339 e. The van der Waals surface area contributed by atoms with E-state index in [2.05, 4.69) is 10.3 Å². The van der Waals surface area contributed by atoms with Gasteiger partial charge in [-0.2, -0.15) is 4.31 Å². The van der Waals surface area contributed by atoms with Crippen molar-refractivity contribution in [2.45, 2.75) is 4.90 Å². The molecule has 12 heteroatoms. The van der Waals surface area contributed by atoms with Gasteiger partial charge >= 0.3 is 5.97 Å². The van der Waals surface area contributed by atoms with Crippen molar-refractivity contribution in [3.63, 3.8) is 0 Å². The van der Waals surface area contributed by atoms with Gasteiger partial charge in [0.1, 0.15) is 5.75 Å². The number of nitrogens with one attached hydrogen (secondary N) is 1. The summed E-state index contributed by atoms with van der Waals surface area (Å²) in [4.78, 5) is 31.3. The number of amides is 1. The average molecular weight is 568 g/mol. The molecule has 2 aromatic carbocycles. The molecule has 0 radical (unpaired) electrons. The highest BCUT2D eigenvalue weighted by Crippen LogP contribution is 2.30. The van der Waals surface area contributed by atoms with Crippen molar-refractivity contribution in [2.75, 3.05) is 45.3 Å². The Kier molecular flexibility index (Phi) is 7.89. The lowest BCUT2D eigenvalue weighted by Gasteiger charge is -2.26. The molecule has 1 saturated heterocycles. The van der Waals surface area contributed by atoms with E-state index in [1.165, 1.54) is 41.0 Å². The number of hydrogen-bond acceptors (Lipinski definition) is 9. The lowest BCUT2D eigenvalue weighted by Crippen LogP contribution is -2.40. The van der Waals surface area contributed by atoms with Crippen LogP contribution < -0.4 is 10.1 Å². The van der Waals surface area contributed by atoms with Gasteiger partial charge in [-0.05, 0) is 35.7 Å². The lowest BCUT2D eigenvalue weighted by atomic mass is 10.1. The number of carbonyl (C=O) groups excluding carboxylic acids is 2. The quantitative estimate of drug-likeness (QED) is 0.319. The Bertz CT molecular complexity index is 1620. The summed E-state index contributed by atoms with van der Waals surface area (Å²) in [5.74, 6) is -1.12. The number of nitrogens with zero attached hydrogens (tertiary/aromatic N) is 2. The van der Waals surface area contributed by atoms with Gasteiger partial charge < -0.3 is 19.5 Å². The van der Waals surface area contributed by atoms with Crippen LogP contribution in [-0.2, 0) is 24.3 Å². The van der Waals surface area contributed by atoms with Gasteiger partial charge in [0, 0.05) is 24.5 Å². The molecule has 5 rings (SSSR count). The van der Waals surface area contributed by atoms with Crippen LogP contribution in [0.15, 0.2) is 70.9 Å². The van der Waals surface area contributed by atoms with Crippen LogP contribution in [-0.4, -0.2) is 69.6 Å². The number of anilines is 1. The van der Waals surface area contributed by atoms with Crippen LogP contribution in [0.5, 0.6) is 5.75 Å². The first-order chi connectivity index (χ1) is 18.9. The molecule has 39 heavy (non-hydrogen) atoms. The summed E-state index contributed by atoms with van der Waals surface area (Å²) in [6.07, 6.45) is 0. The molecule has 1 amide bonds. The van der Waals surface area contributed by atoms with Gasteiger partial charge in [0.25, 0.3) is 5.91 Å². The summed E-state index contributed by atoms with van der Waals surface area (Å²) in [5, 5.41) is 5.15. The van der Waals surface area contributed by atoms with Crippen molar-refractivity contribution >= 4 is 49.8 Å². The van der Waals surface area contributed by atoms with E-state index in [4.69, 9.17) is 14.2 Å². The van der Waals surface area contributed by atoms with Crippen LogP contribution in [0, 0.1) is 0 Å². The topological polar surface area (TPSA) is 124 Å². The Morgan fingerprint density at radius 2 is 1.87 bits per heavy atom. The molecule has 0 bridgehead atoms. The molecule has 1 N–H and O–H groups in total. The third kappa shape index (κ3) is 5.78. The number of esters is 1. The maximum atomic E-state index is 13.0. The van der Waals surface area contributed by atoms with Crippen LogP contribution in [0.25, 0.3) is 21.5 Å². The summed E-state index contributed by atoms with van der Waals surface area (Å²) in [7, 11) is -2.37. The van der Waals surface area contributed by atoms with Crippen molar-refractivity contribution in [3.8, 4) is 16.3 Å². The minimum atomic E-state index is -3.74. The summed E-state index contributed by atoms with van der Waals surface area (Å²) < 4.78 is 43.2. The molecule has 4 aromatic rings. The van der Waals surface area contributed by atoms with Crippen LogP contribution in [0.1, 0.15) is 10.4 Å². The fraction of sp³-hybridized carbons (Fsp3) is 0.222. The highest BCUT2D eigenvalue weighted by Gasteiger charge is 2.27. The van der Waals surface area contributed by atoms with Crippen molar-refractivity contribution in [2.24, 2.45) is 0 Å². The largest absolute Gasteiger partial charge is 0.495 e. The van der Waals surface area contributed by atoms with Gasteiger partial charge in [-0.1, -0.05) is 24.3 Å². The van der Waals surface area contributed by atoms with Crippen LogP contribution in [0.4, 0.5) is 5.69 Å². The first-order valence-electron chi connectivity index (χ1n) is 12.0. The number of sulfonamides is 1. The molecule has 2 aromatic heterocycles. The zero-order chi connectivity index (χ0) is 27.4. The lowest BCUT2D eigenvalue weighted by molar-refractivity contribution is -0.119. The molecule has 0 aliphatic carbocycles. The molecule has 0 unspecified atom stereocenters. The fourth-order valence-electron chi connectivity index (χ4n) is 4.16. The maximum absolute atomic E-state index is 13.0. The smallest absolute Gasteiger partial charge is 0.339 e. The minimum absolute atomic E-state index is 0.0387. The second-order valence-electron chi connectivity index (χ2n) is 8.55. The Balaban J connectivity index is 1.29. The number of ether oxygens (including phenoxy) is 3. The van der Waals surface area contributed by atoms with Crippen molar-refractivity contribution in [1.29, 1.82) is 0 Å². The number of para-hydroxylation sites is 1. The normalized spacial score (nSPS) is 14.2. The highest BCUT2D eigenvalue weighted by atomic mass is 32.2. The standard InChI is InChI=1S/C27H25N3O7S2/c1-35-24-15-18(39(33,34)30-10-12-36-13-11-30)8-9-22(24)29-26(31)17-37-27(32)20-16-23(25-7-4-14-38-25)28-21-6-3-2-5-19(20)21/h2-9,14-16H,10-13,17H2,1H3,(H,29,31). The third-order valence-electron chi connectivity index (χ3n) is 6.10. The Morgan fingerprint density at radius 3 is 2.62 bits per heavy atom. The minimum Gasteiger partial charge on any atom is -0.495 e. The first kappa shape index (κ1) is 26.8. The SMILES string of the molecule is COc1cc(S(=O)(=O)N2CCOCC2)ccc1NC(=O)COC(=O)c1cc(-c2cccs2)nc2ccccc12. The first-order valence-corrected chi connectivity index (χ1v) is 14.4. The van der Waals surface area contributed by atoms with E-state index in [0.29, 0.717) is 35.4 Å². The number of morpholine rings is 1. The second-order valence-corrected chi connectivity index (χ2v) is 11.4. The molecule has 0 saturated carbocycles. The van der Waals surface area contributed by atoms with E-state index < -0.39 is 28.5 Å². The molecule has 3 heterocycles. The van der Waals surface area contributed by atoms with Gasteiger partial charge in [-0.25, -0.2) is 18.2 Å². The molecule has 1 aliphatic heterocycles. The Morgan fingerprint density at radius 1 is 1.08 bits per heavy atom. The average Bonchev–Trinajstić information content (AvgIpc) is 3.51. The monoisotopic (exact) mass is 567 g/mol. The molecule has 1 fully saturated rings. The number of benzene rings is 2. The van der Waals surface area contributed by atoms with E-state index in [1.54, 1.807) is 18.2 Å². The van der Waals surface area contributed by atoms with Crippen LogP contribution in [0.3, 0.4) is 0 Å². The summed E-state index contributed by atoms with van der Waals surface area (Å²) >= 11 is 1.50. The van der Waals surface area contributed by atoms with E-state index in [-0.39, 0.29) is 29.4 Å². The van der Waals surface area contributed by atoms with E-state index >= 15 is 0 Å². The van der Waals surface area contributed by atoms with Gasteiger partial charge in [-0.3, -0.25) is 4.79 Å². The predicted molar refractivity (Wildman–Crippen MR) is 147 cm³/mol. The van der Waals surface area contributed by atoms with Gasteiger partial charge in [0.05, 0.1) is 52.6 Å². The summed E-state index contributed by atoms with van der Waals surface area (Å²) in [6.45, 7) is 0.620. The van der Waals surface area contributed by atoms with Crippen LogP contribution in [0.2, 0.25) is 0 Å². The van der Waals surface area contributed by atoms with Gasteiger partial charge in [-0.15, -0.1) is 11.3 Å². The molecule has 202 valence electrons. The molecular weight excluding hydrogens is 542 g/mol.